The monoisotopic (exact) mass is 210 g/mol. The van der Waals surface area contributed by atoms with Gasteiger partial charge in [0.1, 0.15) is 6.61 Å². The molecule has 0 aliphatic carbocycles. The third-order valence-corrected chi connectivity index (χ3v) is 1.79. The molecule has 0 aliphatic rings. The average Bonchev–Trinajstić information content (AvgIpc) is 1.95. The molecule has 0 saturated heterocycles. The van der Waals surface area contributed by atoms with Crippen LogP contribution in [0.15, 0.2) is 0 Å². The summed E-state index contributed by atoms with van der Waals surface area (Å²) in [6, 6.07) is 0. The van der Waals surface area contributed by atoms with Gasteiger partial charge in [0.05, 0.1) is 12.5 Å². The van der Waals surface area contributed by atoms with E-state index in [1.807, 2.05) is 0 Å². The molecule has 1 atom stereocenters. The van der Waals surface area contributed by atoms with E-state index in [2.05, 4.69) is 4.52 Å². The van der Waals surface area contributed by atoms with Crippen LogP contribution in [0.3, 0.4) is 0 Å². The van der Waals surface area contributed by atoms with Crippen molar-refractivity contribution < 1.29 is 23.5 Å². The summed E-state index contributed by atoms with van der Waals surface area (Å²) in [5, 5.41) is 0. The van der Waals surface area contributed by atoms with Crippen molar-refractivity contribution in [1.82, 2.24) is 0 Å². The number of hydrogen-bond acceptors (Lipinski definition) is 4. The topological polar surface area (TPSA) is 72.8 Å². The molecule has 0 radical (unpaired) electrons. The van der Waals surface area contributed by atoms with Gasteiger partial charge in [-0.15, -0.1) is 0 Å². The molecular weight excluding hydrogens is 195 g/mol. The smallest absolute Gasteiger partial charge is 0.325 e. The molecule has 5 nitrogen and oxygen atoms in total. The molecule has 0 saturated carbocycles. The maximum absolute atomic E-state index is 10.9. The Morgan fingerprint density at radius 1 is 1.46 bits per heavy atom. The zero-order chi connectivity index (χ0) is 10.5. The van der Waals surface area contributed by atoms with Crippen LogP contribution in [0.4, 0.5) is 0 Å². The van der Waals surface area contributed by atoms with Crippen LogP contribution < -0.4 is 0 Å². The highest BCUT2D eigenvalue weighted by Crippen LogP contribution is 2.35. The highest BCUT2D eigenvalue weighted by Gasteiger charge is 2.11. The largest absolute Gasteiger partial charge is 0.463 e. The van der Waals surface area contributed by atoms with E-state index >= 15 is 0 Å². The normalized spacial score (nSPS) is 15.5. The van der Waals surface area contributed by atoms with Crippen LogP contribution in [0.1, 0.15) is 13.8 Å². The molecule has 13 heavy (non-hydrogen) atoms. The van der Waals surface area contributed by atoms with Crippen LogP contribution in [0.25, 0.3) is 0 Å². The first-order valence-electron chi connectivity index (χ1n) is 3.94. The van der Waals surface area contributed by atoms with E-state index in [4.69, 9.17) is 9.63 Å². The molecule has 6 heteroatoms. The van der Waals surface area contributed by atoms with Crippen LogP contribution in [0, 0.1) is 5.92 Å². The molecule has 0 fully saturated rings. The van der Waals surface area contributed by atoms with Crippen LogP contribution in [0.2, 0.25) is 0 Å². The highest BCUT2D eigenvalue weighted by molar-refractivity contribution is 7.51. The average molecular weight is 210 g/mol. The fourth-order valence-electron chi connectivity index (χ4n) is 0.516. The van der Waals surface area contributed by atoms with E-state index in [9.17, 15) is 9.36 Å². The Labute approximate surface area is 77.6 Å². The maximum atomic E-state index is 10.9. The Hall–Kier alpha value is -0.380. The van der Waals surface area contributed by atoms with Gasteiger partial charge in [0.25, 0.3) is 0 Å². The zero-order valence-electron chi connectivity index (χ0n) is 8.02. The lowest BCUT2D eigenvalue weighted by Crippen LogP contribution is -2.14. The van der Waals surface area contributed by atoms with Gasteiger partial charge in [-0.3, -0.25) is 9.36 Å². The molecule has 0 aromatic rings. The zero-order valence-corrected chi connectivity index (χ0v) is 8.91. The van der Waals surface area contributed by atoms with Gasteiger partial charge in [0, 0.05) is 6.66 Å². The third-order valence-electron chi connectivity index (χ3n) is 1.13. The number of carbonyl (C=O) groups excluding carboxylic acids is 1. The van der Waals surface area contributed by atoms with Crippen molar-refractivity contribution in [3.63, 3.8) is 0 Å². The molecular formula is C7H15O5P. The van der Waals surface area contributed by atoms with Crippen molar-refractivity contribution >= 4 is 13.6 Å². The molecule has 78 valence electrons. The lowest BCUT2D eigenvalue weighted by molar-refractivity contribution is -0.148. The van der Waals surface area contributed by atoms with Crippen molar-refractivity contribution in [2.45, 2.75) is 13.8 Å². The predicted octanol–water partition coefficient (Wildman–Crippen LogP) is 1.02. The fourth-order valence-corrected chi connectivity index (χ4v) is 0.929. The second-order valence-electron chi connectivity index (χ2n) is 2.96. The molecule has 1 unspecified atom stereocenters. The van der Waals surface area contributed by atoms with Gasteiger partial charge >= 0.3 is 13.6 Å². The Kier molecular flexibility index (Phi) is 5.21. The number of rotatable bonds is 5. The molecule has 0 heterocycles. The second kappa shape index (κ2) is 5.37. The standard InChI is InChI=1S/C7H15O5P/c1-6(2)7(8)11-4-5-12-13(3,9)10/h6H,4-5H2,1-3H3,(H,9,10). The molecule has 0 rings (SSSR count). The quantitative estimate of drug-likeness (QED) is 0.416. The number of hydrogen-bond donors (Lipinski definition) is 1. The lowest BCUT2D eigenvalue weighted by Gasteiger charge is -2.08. The summed E-state index contributed by atoms with van der Waals surface area (Å²) in [7, 11) is -3.44. The summed E-state index contributed by atoms with van der Waals surface area (Å²) in [5.74, 6) is -0.532. The first kappa shape index (κ1) is 12.6. The predicted molar refractivity (Wildman–Crippen MR) is 47.5 cm³/mol. The van der Waals surface area contributed by atoms with Gasteiger partial charge in [-0.05, 0) is 0 Å². The van der Waals surface area contributed by atoms with Crippen LogP contribution in [-0.4, -0.2) is 30.7 Å². The molecule has 0 aromatic carbocycles. The number of ether oxygens (including phenoxy) is 1. The van der Waals surface area contributed by atoms with Gasteiger partial charge in [0.2, 0.25) is 0 Å². The van der Waals surface area contributed by atoms with Gasteiger partial charge in [-0.2, -0.15) is 0 Å². The second-order valence-corrected chi connectivity index (χ2v) is 4.82. The van der Waals surface area contributed by atoms with E-state index in [-0.39, 0.29) is 25.1 Å². The number of esters is 1. The van der Waals surface area contributed by atoms with Crippen molar-refractivity contribution in [2.24, 2.45) is 5.92 Å². The van der Waals surface area contributed by atoms with E-state index in [0.29, 0.717) is 0 Å². The molecule has 0 spiro atoms. The van der Waals surface area contributed by atoms with E-state index in [0.717, 1.165) is 6.66 Å². The Balaban J connectivity index is 3.47. The van der Waals surface area contributed by atoms with E-state index in [1.54, 1.807) is 13.8 Å². The van der Waals surface area contributed by atoms with Crippen molar-refractivity contribution in [2.75, 3.05) is 19.9 Å². The minimum absolute atomic E-state index is 0.00933. The van der Waals surface area contributed by atoms with Gasteiger partial charge in [0.15, 0.2) is 0 Å². The third kappa shape index (κ3) is 7.96. The molecule has 0 bridgehead atoms. The minimum atomic E-state index is -3.44. The lowest BCUT2D eigenvalue weighted by atomic mass is 10.2. The fraction of sp³-hybridized carbons (Fsp3) is 0.857. The van der Waals surface area contributed by atoms with Gasteiger partial charge < -0.3 is 14.2 Å². The van der Waals surface area contributed by atoms with Crippen LogP contribution >= 0.6 is 7.60 Å². The Bertz CT molecular complexity index is 207. The van der Waals surface area contributed by atoms with Crippen molar-refractivity contribution in [3.05, 3.63) is 0 Å². The SMILES string of the molecule is CC(C)C(=O)OCCOP(C)(=O)O. The summed E-state index contributed by atoms with van der Waals surface area (Å²) in [5.41, 5.74) is 0. The Morgan fingerprint density at radius 3 is 2.38 bits per heavy atom. The Morgan fingerprint density at radius 2 is 2.00 bits per heavy atom. The summed E-state index contributed by atoms with van der Waals surface area (Å²) in [6.07, 6.45) is 0. The molecule has 0 aromatic heterocycles. The van der Waals surface area contributed by atoms with Crippen molar-refractivity contribution in [3.8, 4) is 0 Å². The summed E-state index contributed by atoms with van der Waals surface area (Å²) < 4.78 is 19.8. The number of carbonyl (C=O) groups is 1. The van der Waals surface area contributed by atoms with Crippen molar-refractivity contribution in [1.29, 1.82) is 0 Å². The molecule has 0 aliphatic heterocycles. The summed E-state index contributed by atoms with van der Waals surface area (Å²) in [6.45, 7) is 4.45. The van der Waals surface area contributed by atoms with Gasteiger partial charge in [-0.25, -0.2) is 0 Å². The summed E-state index contributed by atoms with van der Waals surface area (Å²) >= 11 is 0. The van der Waals surface area contributed by atoms with Gasteiger partial charge in [-0.1, -0.05) is 13.8 Å². The minimum Gasteiger partial charge on any atom is -0.463 e. The first-order chi connectivity index (χ1) is 5.83. The van der Waals surface area contributed by atoms with E-state index in [1.165, 1.54) is 0 Å². The van der Waals surface area contributed by atoms with E-state index < -0.39 is 7.60 Å². The van der Waals surface area contributed by atoms with Crippen LogP contribution in [-0.2, 0) is 18.6 Å². The molecule has 1 N–H and O–H groups in total. The van der Waals surface area contributed by atoms with Crippen LogP contribution in [0.5, 0.6) is 0 Å². The maximum Gasteiger partial charge on any atom is 0.325 e. The first-order valence-corrected chi connectivity index (χ1v) is 5.97. The summed E-state index contributed by atoms with van der Waals surface area (Å²) in [4.78, 5) is 19.5. The molecule has 0 amide bonds. The highest BCUT2D eigenvalue weighted by atomic mass is 31.2.